The van der Waals surface area contributed by atoms with Crippen molar-refractivity contribution in [2.24, 2.45) is 0 Å². The average molecular weight is 334 g/mol. The molecule has 2 aromatic rings. The van der Waals surface area contributed by atoms with Crippen LogP contribution in [0.15, 0.2) is 29.8 Å². The Kier molecular flexibility index (Phi) is 5.38. The van der Waals surface area contributed by atoms with Gasteiger partial charge in [0.1, 0.15) is 17.9 Å². The normalized spacial score (nSPS) is 17.0. The van der Waals surface area contributed by atoms with Gasteiger partial charge < -0.3 is 14.8 Å². The lowest BCUT2D eigenvalue weighted by Gasteiger charge is -2.12. The van der Waals surface area contributed by atoms with Crippen molar-refractivity contribution in [1.82, 2.24) is 15.5 Å². The number of anilines is 1. The fraction of sp³-hybridized carbons (Fsp3) is 0.400. The van der Waals surface area contributed by atoms with Crippen LogP contribution in [0.1, 0.15) is 18.4 Å². The molecule has 0 radical (unpaired) electrons. The molecule has 0 bridgehead atoms. The molecule has 1 aromatic heterocycles. The molecule has 122 valence electrons. The number of nitrogens with zero attached hydrogens (tertiary/aromatic N) is 2. The van der Waals surface area contributed by atoms with Gasteiger partial charge in [-0.2, -0.15) is 0 Å². The number of rotatable bonds is 6. The molecule has 23 heavy (non-hydrogen) atoms. The molecule has 2 heterocycles. The van der Waals surface area contributed by atoms with Crippen molar-refractivity contribution in [2.75, 3.05) is 18.5 Å². The summed E-state index contributed by atoms with van der Waals surface area (Å²) in [5.74, 6) is 0.808. The summed E-state index contributed by atoms with van der Waals surface area (Å²) in [5, 5.41) is 13.2. The molecule has 1 fully saturated rings. The van der Waals surface area contributed by atoms with E-state index in [2.05, 4.69) is 20.8 Å². The first-order valence-corrected chi connectivity index (χ1v) is 8.32. The molecule has 2 amide bonds. The number of carbonyl (C=O) groups excluding carboxylic acids is 1. The minimum absolute atomic E-state index is 0.209. The summed E-state index contributed by atoms with van der Waals surface area (Å²) in [7, 11) is 0. The number of hydrogen-bond acceptors (Lipinski definition) is 6. The van der Waals surface area contributed by atoms with Gasteiger partial charge in [0.25, 0.3) is 0 Å². The van der Waals surface area contributed by atoms with E-state index in [4.69, 9.17) is 9.47 Å². The van der Waals surface area contributed by atoms with E-state index in [-0.39, 0.29) is 12.1 Å². The molecule has 0 saturated carbocycles. The number of amides is 2. The van der Waals surface area contributed by atoms with Crippen LogP contribution in [0, 0.1) is 0 Å². The average Bonchev–Trinajstić information content (AvgIpc) is 3.25. The van der Waals surface area contributed by atoms with Crippen molar-refractivity contribution < 1.29 is 14.3 Å². The maximum absolute atomic E-state index is 11.7. The maximum atomic E-state index is 11.7. The summed E-state index contributed by atoms with van der Waals surface area (Å²) in [6.45, 7) is 1.84. The molecule has 3 rings (SSSR count). The van der Waals surface area contributed by atoms with Gasteiger partial charge in [-0.15, -0.1) is 10.2 Å². The Bertz CT molecular complexity index is 612. The molecule has 1 aromatic carbocycles. The highest BCUT2D eigenvalue weighted by atomic mass is 32.1. The van der Waals surface area contributed by atoms with Gasteiger partial charge in [-0.3, -0.25) is 5.32 Å². The summed E-state index contributed by atoms with van der Waals surface area (Å²) in [6, 6.07) is 7.34. The highest BCUT2D eigenvalue weighted by Crippen LogP contribution is 2.16. The molecule has 1 aliphatic rings. The van der Waals surface area contributed by atoms with E-state index in [1.807, 2.05) is 24.3 Å². The zero-order chi connectivity index (χ0) is 15.9. The van der Waals surface area contributed by atoms with Crippen molar-refractivity contribution in [3.8, 4) is 5.75 Å². The predicted molar refractivity (Wildman–Crippen MR) is 86.7 cm³/mol. The van der Waals surface area contributed by atoms with Gasteiger partial charge >= 0.3 is 6.03 Å². The van der Waals surface area contributed by atoms with Crippen LogP contribution >= 0.6 is 11.3 Å². The zero-order valence-electron chi connectivity index (χ0n) is 12.5. The first-order chi connectivity index (χ1) is 11.3. The van der Waals surface area contributed by atoms with Gasteiger partial charge in [0.2, 0.25) is 5.13 Å². The number of urea groups is 1. The standard InChI is InChI=1S/C15H18N4O3S/c20-14(18-15-19-17-10-23-15)16-8-11-3-5-12(6-4-11)22-9-13-2-1-7-21-13/h3-6,10,13H,1-2,7-9H2,(H2,16,18,19,20)/t13-/m1/s1. The van der Waals surface area contributed by atoms with Gasteiger partial charge in [-0.25, -0.2) is 4.79 Å². The van der Waals surface area contributed by atoms with Crippen LogP contribution in [0.2, 0.25) is 0 Å². The van der Waals surface area contributed by atoms with Gasteiger partial charge in [-0.05, 0) is 30.5 Å². The summed E-state index contributed by atoms with van der Waals surface area (Å²) < 4.78 is 11.2. The number of benzene rings is 1. The highest BCUT2D eigenvalue weighted by Gasteiger charge is 2.15. The smallest absolute Gasteiger partial charge is 0.321 e. The third-order valence-electron chi connectivity index (χ3n) is 3.42. The van der Waals surface area contributed by atoms with Crippen LogP contribution in [-0.4, -0.2) is 35.5 Å². The third-order valence-corrected chi connectivity index (χ3v) is 4.02. The summed E-state index contributed by atoms with van der Waals surface area (Å²) >= 11 is 1.27. The number of hydrogen-bond donors (Lipinski definition) is 2. The molecule has 7 nitrogen and oxygen atoms in total. The Balaban J connectivity index is 1.41. The van der Waals surface area contributed by atoms with E-state index in [0.29, 0.717) is 18.3 Å². The van der Waals surface area contributed by atoms with Crippen LogP contribution in [0.4, 0.5) is 9.93 Å². The van der Waals surface area contributed by atoms with Crippen LogP contribution in [0.3, 0.4) is 0 Å². The maximum Gasteiger partial charge on any atom is 0.321 e. The molecule has 1 atom stereocenters. The monoisotopic (exact) mass is 334 g/mol. The number of ether oxygens (including phenoxy) is 2. The van der Waals surface area contributed by atoms with E-state index < -0.39 is 0 Å². The zero-order valence-corrected chi connectivity index (χ0v) is 13.3. The van der Waals surface area contributed by atoms with Crippen molar-refractivity contribution in [2.45, 2.75) is 25.5 Å². The lowest BCUT2D eigenvalue weighted by atomic mass is 10.2. The van der Waals surface area contributed by atoms with Crippen LogP contribution in [0.5, 0.6) is 5.75 Å². The molecule has 2 N–H and O–H groups in total. The molecule has 0 spiro atoms. The van der Waals surface area contributed by atoms with E-state index in [9.17, 15) is 4.79 Å². The van der Waals surface area contributed by atoms with E-state index in [1.54, 1.807) is 5.51 Å². The minimum atomic E-state index is -0.305. The molecule has 0 aliphatic carbocycles. The first kappa shape index (κ1) is 15.7. The Morgan fingerprint density at radius 3 is 2.96 bits per heavy atom. The van der Waals surface area contributed by atoms with Crippen molar-refractivity contribution in [3.05, 3.63) is 35.3 Å². The molecular formula is C15H18N4O3S. The fourth-order valence-electron chi connectivity index (χ4n) is 2.22. The van der Waals surface area contributed by atoms with E-state index in [0.717, 1.165) is 30.8 Å². The van der Waals surface area contributed by atoms with Crippen LogP contribution < -0.4 is 15.4 Å². The topological polar surface area (TPSA) is 85.4 Å². The molecule has 8 heteroatoms. The van der Waals surface area contributed by atoms with Gasteiger partial charge in [0.15, 0.2) is 0 Å². The second kappa shape index (κ2) is 7.89. The fourth-order valence-corrected chi connectivity index (χ4v) is 2.66. The Hall–Kier alpha value is -2.19. The Morgan fingerprint density at radius 2 is 2.26 bits per heavy atom. The van der Waals surface area contributed by atoms with E-state index in [1.165, 1.54) is 11.3 Å². The molecular weight excluding hydrogens is 316 g/mol. The Labute approximate surface area is 138 Å². The van der Waals surface area contributed by atoms with E-state index >= 15 is 0 Å². The first-order valence-electron chi connectivity index (χ1n) is 7.44. The summed E-state index contributed by atoms with van der Waals surface area (Å²) in [6.07, 6.45) is 2.38. The molecule has 1 aliphatic heterocycles. The Morgan fingerprint density at radius 1 is 1.39 bits per heavy atom. The molecule has 0 unspecified atom stereocenters. The van der Waals surface area contributed by atoms with Gasteiger partial charge in [0, 0.05) is 13.2 Å². The van der Waals surface area contributed by atoms with Crippen LogP contribution in [-0.2, 0) is 11.3 Å². The highest BCUT2D eigenvalue weighted by molar-refractivity contribution is 7.13. The third kappa shape index (κ3) is 4.90. The minimum Gasteiger partial charge on any atom is -0.491 e. The van der Waals surface area contributed by atoms with Gasteiger partial charge in [0.05, 0.1) is 6.10 Å². The lowest BCUT2D eigenvalue weighted by molar-refractivity contribution is 0.0679. The number of nitrogens with one attached hydrogen (secondary N) is 2. The number of carbonyl (C=O) groups is 1. The molecule has 1 saturated heterocycles. The summed E-state index contributed by atoms with van der Waals surface area (Å²) in [4.78, 5) is 11.7. The second-order valence-corrected chi connectivity index (χ2v) is 5.97. The van der Waals surface area contributed by atoms with Crippen molar-refractivity contribution >= 4 is 22.5 Å². The lowest BCUT2D eigenvalue weighted by Crippen LogP contribution is -2.28. The largest absolute Gasteiger partial charge is 0.491 e. The van der Waals surface area contributed by atoms with Crippen molar-refractivity contribution in [1.29, 1.82) is 0 Å². The van der Waals surface area contributed by atoms with Crippen LogP contribution in [0.25, 0.3) is 0 Å². The summed E-state index contributed by atoms with van der Waals surface area (Å²) in [5.41, 5.74) is 2.55. The second-order valence-electron chi connectivity index (χ2n) is 5.14. The predicted octanol–water partition coefficient (Wildman–Crippen LogP) is 2.42. The van der Waals surface area contributed by atoms with Crippen molar-refractivity contribution in [3.63, 3.8) is 0 Å². The SMILES string of the molecule is O=C(NCc1ccc(OC[C@H]2CCCO2)cc1)Nc1nncs1. The van der Waals surface area contributed by atoms with Gasteiger partial charge in [-0.1, -0.05) is 23.5 Å². The number of aromatic nitrogens is 2. The quantitative estimate of drug-likeness (QED) is 0.847.